The highest BCUT2D eigenvalue weighted by Gasteiger charge is 2.45. The minimum Gasteiger partial charge on any atom is -0.450 e. The summed E-state index contributed by atoms with van der Waals surface area (Å²) in [5.74, 6) is 0.0649. The Morgan fingerprint density at radius 3 is 2.48 bits per heavy atom. The van der Waals surface area contributed by atoms with E-state index < -0.39 is 11.9 Å². The number of anilines is 1. The molecule has 6 nitrogen and oxygen atoms in total. The zero-order valence-electron chi connectivity index (χ0n) is 18.7. The van der Waals surface area contributed by atoms with E-state index in [1.165, 1.54) is 16.2 Å². The highest BCUT2D eigenvalue weighted by Crippen LogP contribution is 2.42. The highest BCUT2D eigenvalue weighted by molar-refractivity contribution is 7.15. The van der Waals surface area contributed by atoms with Crippen LogP contribution in [-0.4, -0.2) is 16.1 Å². The minimum atomic E-state index is -0.674. The molecule has 0 radical (unpaired) electrons. The number of carbonyl (C=O) groups is 1. The summed E-state index contributed by atoms with van der Waals surface area (Å²) in [5, 5.41) is 10.9. The summed E-state index contributed by atoms with van der Waals surface area (Å²) in [6.45, 7) is 8.11. The van der Waals surface area contributed by atoms with Crippen LogP contribution in [0.5, 0.6) is 0 Å². The van der Waals surface area contributed by atoms with Crippen LogP contribution in [0, 0.1) is 19.8 Å². The van der Waals surface area contributed by atoms with Crippen LogP contribution in [0.25, 0.3) is 11.0 Å². The molecule has 1 amide bonds. The van der Waals surface area contributed by atoms with Gasteiger partial charge in [0, 0.05) is 11.4 Å². The molecular weight excluding hydrogens is 458 g/mol. The summed E-state index contributed by atoms with van der Waals surface area (Å²) in [6, 6.07) is 10.1. The molecule has 3 heterocycles. The van der Waals surface area contributed by atoms with Crippen LogP contribution < -0.4 is 10.3 Å². The maximum absolute atomic E-state index is 13.7. The van der Waals surface area contributed by atoms with E-state index >= 15 is 0 Å². The topological polar surface area (TPSA) is 76.3 Å². The Hall–Kier alpha value is -3.03. The van der Waals surface area contributed by atoms with Crippen molar-refractivity contribution >= 4 is 44.9 Å². The molecule has 1 atom stereocenters. The van der Waals surface area contributed by atoms with Gasteiger partial charge in [0.25, 0.3) is 5.91 Å². The molecule has 1 aliphatic rings. The lowest BCUT2D eigenvalue weighted by Gasteiger charge is -2.22. The van der Waals surface area contributed by atoms with Crippen molar-refractivity contribution in [3.05, 3.63) is 84.7 Å². The summed E-state index contributed by atoms with van der Waals surface area (Å²) in [6.07, 6.45) is 0.762. The standard InChI is InChI=1S/C25H22ClN3O3S/c1-12(2)9-19-27-28-25(33-19)29-21(15-5-7-16(26)8-6-15)20-22(30)17-10-13(3)14(4)11-18(17)32-23(20)24(29)31/h5-8,10-12,21H,9H2,1-4H3/t21-/m1/s1. The van der Waals surface area contributed by atoms with Gasteiger partial charge >= 0.3 is 0 Å². The Balaban J connectivity index is 1.75. The van der Waals surface area contributed by atoms with E-state index in [0.717, 1.165) is 28.1 Å². The normalized spacial score (nSPS) is 15.6. The molecule has 0 unspecified atom stereocenters. The van der Waals surface area contributed by atoms with Crippen LogP contribution >= 0.6 is 22.9 Å². The van der Waals surface area contributed by atoms with Crippen molar-refractivity contribution in [2.24, 2.45) is 5.92 Å². The van der Waals surface area contributed by atoms with E-state index in [2.05, 4.69) is 24.0 Å². The van der Waals surface area contributed by atoms with Crippen molar-refractivity contribution in [3.8, 4) is 0 Å². The predicted octanol–water partition coefficient (Wildman–Crippen LogP) is 5.86. The SMILES string of the molecule is Cc1cc2oc3c(c(=O)c2cc1C)[C@@H](c1ccc(Cl)cc1)N(c1nnc(CC(C)C)s1)C3=O. The van der Waals surface area contributed by atoms with Crippen molar-refractivity contribution in [3.63, 3.8) is 0 Å². The molecule has 1 aliphatic heterocycles. The van der Waals surface area contributed by atoms with Gasteiger partial charge in [-0.1, -0.05) is 48.9 Å². The Labute approximate surface area is 199 Å². The monoisotopic (exact) mass is 479 g/mol. The second-order valence-corrected chi connectivity index (χ2v) is 10.3. The Morgan fingerprint density at radius 2 is 1.79 bits per heavy atom. The Bertz CT molecular complexity index is 1460. The van der Waals surface area contributed by atoms with Crippen molar-refractivity contribution in [2.45, 2.75) is 40.2 Å². The number of aryl methyl sites for hydroxylation is 2. The smallest absolute Gasteiger partial charge is 0.297 e. The fraction of sp³-hybridized carbons (Fsp3) is 0.280. The van der Waals surface area contributed by atoms with Crippen molar-refractivity contribution < 1.29 is 9.21 Å². The van der Waals surface area contributed by atoms with Gasteiger partial charge in [0.15, 0.2) is 5.43 Å². The number of benzene rings is 2. The quantitative estimate of drug-likeness (QED) is 0.366. The first-order chi connectivity index (χ1) is 15.7. The first-order valence-corrected chi connectivity index (χ1v) is 11.9. The average Bonchev–Trinajstić information content (AvgIpc) is 3.32. The summed E-state index contributed by atoms with van der Waals surface area (Å²) < 4.78 is 6.07. The summed E-state index contributed by atoms with van der Waals surface area (Å²) in [7, 11) is 0. The zero-order chi connectivity index (χ0) is 23.4. The molecule has 0 saturated carbocycles. The highest BCUT2D eigenvalue weighted by atomic mass is 35.5. The number of hydrogen-bond donors (Lipinski definition) is 0. The van der Waals surface area contributed by atoms with Gasteiger partial charge in [-0.3, -0.25) is 14.5 Å². The molecule has 33 heavy (non-hydrogen) atoms. The first-order valence-electron chi connectivity index (χ1n) is 10.7. The van der Waals surface area contributed by atoms with Crippen molar-refractivity contribution in [2.75, 3.05) is 4.90 Å². The largest absolute Gasteiger partial charge is 0.450 e. The summed E-state index contributed by atoms with van der Waals surface area (Å²) in [5.41, 5.74) is 3.24. The molecular formula is C25H22ClN3O3S. The van der Waals surface area contributed by atoms with Crippen molar-refractivity contribution in [1.82, 2.24) is 10.2 Å². The molecule has 0 spiro atoms. The summed E-state index contributed by atoms with van der Waals surface area (Å²) >= 11 is 7.48. The number of carbonyl (C=O) groups excluding carboxylic acids is 1. The third kappa shape index (κ3) is 3.65. The van der Waals surface area contributed by atoms with E-state index in [-0.39, 0.29) is 11.2 Å². The molecule has 168 valence electrons. The Kier molecular flexibility index (Phi) is 5.34. The lowest BCUT2D eigenvalue weighted by atomic mass is 9.97. The molecule has 0 bridgehead atoms. The minimum absolute atomic E-state index is 0.0521. The maximum atomic E-state index is 13.7. The van der Waals surface area contributed by atoms with Gasteiger partial charge in [-0.2, -0.15) is 0 Å². The predicted molar refractivity (Wildman–Crippen MR) is 131 cm³/mol. The third-order valence-corrected chi connectivity index (χ3v) is 7.11. The van der Waals surface area contributed by atoms with Crippen LogP contribution in [0.1, 0.15) is 57.7 Å². The molecule has 2 aromatic heterocycles. The molecule has 0 N–H and O–H groups in total. The zero-order valence-corrected chi connectivity index (χ0v) is 20.3. The third-order valence-electron chi connectivity index (χ3n) is 5.92. The van der Waals surface area contributed by atoms with E-state index in [1.54, 1.807) is 12.1 Å². The number of aromatic nitrogens is 2. The molecule has 4 aromatic rings. The lowest BCUT2D eigenvalue weighted by Crippen LogP contribution is -2.29. The number of fused-ring (bicyclic) bond motifs is 2. The number of rotatable bonds is 4. The van der Waals surface area contributed by atoms with E-state index in [0.29, 0.717) is 32.6 Å². The molecule has 0 saturated heterocycles. The van der Waals surface area contributed by atoms with E-state index in [4.69, 9.17) is 16.0 Å². The lowest BCUT2D eigenvalue weighted by molar-refractivity contribution is 0.0970. The van der Waals surface area contributed by atoms with Gasteiger partial charge < -0.3 is 4.42 Å². The van der Waals surface area contributed by atoms with Gasteiger partial charge in [0.2, 0.25) is 10.9 Å². The second-order valence-electron chi connectivity index (χ2n) is 8.81. The van der Waals surface area contributed by atoms with Gasteiger partial charge in [-0.15, -0.1) is 10.2 Å². The Morgan fingerprint density at radius 1 is 1.09 bits per heavy atom. The molecule has 0 fully saturated rings. The molecule has 2 aromatic carbocycles. The van der Waals surface area contributed by atoms with E-state index in [1.807, 2.05) is 38.1 Å². The van der Waals surface area contributed by atoms with Gasteiger partial charge in [-0.25, -0.2) is 0 Å². The van der Waals surface area contributed by atoms with Gasteiger partial charge in [0.05, 0.1) is 17.0 Å². The summed E-state index contributed by atoms with van der Waals surface area (Å²) in [4.78, 5) is 28.9. The number of halogens is 1. The maximum Gasteiger partial charge on any atom is 0.297 e. The van der Waals surface area contributed by atoms with E-state index in [9.17, 15) is 9.59 Å². The fourth-order valence-corrected chi connectivity index (χ4v) is 5.36. The fourth-order valence-electron chi connectivity index (χ4n) is 4.16. The van der Waals surface area contributed by atoms with Crippen LogP contribution in [0.15, 0.2) is 45.6 Å². The second kappa shape index (κ2) is 8.08. The average molecular weight is 480 g/mol. The van der Waals surface area contributed by atoms with Crippen LogP contribution in [0.3, 0.4) is 0 Å². The molecule has 8 heteroatoms. The van der Waals surface area contributed by atoms with Gasteiger partial charge in [-0.05, 0) is 60.7 Å². The molecule has 5 rings (SSSR count). The number of amides is 1. The number of nitrogens with zero attached hydrogens (tertiary/aromatic N) is 3. The molecule has 0 aliphatic carbocycles. The van der Waals surface area contributed by atoms with Crippen LogP contribution in [0.4, 0.5) is 5.13 Å². The first kappa shape index (κ1) is 21.8. The van der Waals surface area contributed by atoms with Gasteiger partial charge in [0.1, 0.15) is 10.6 Å². The number of hydrogen-bond acceptors (Lipinski definition) is 6. The van der Waals surface area contributed by atoms with Crippen LogP contribution in [-0.2, 0) is 6.42 Å². The van der Waals surface area contributed by atoms with Crippen LogP contribution in [0.2, 0.25) is 5.02 Å². The van der Waals surface area contributed by atoms with Crippen molar-refractivity contribution in [1.29, 1.82) is 0 Å².